The van der Waals surface area contributed by atoms with Crippen LogP contribution in [0.3, 0.4) is 0 Å². The van der Waals surface area contributed by atoms with E-state index in [9.17, 15) is 0 Å². The Morgan fingerprint density at radius 3 is 3.00 bits per heavy atom. The van der Waals surface area contributed by atoms with Gasteiger partial charge in [0.2, 0.25) is 0 Å². The molecule has 2 atom stereocenters. The summed E-state index contributed by atoms with van der Waals surface area (Å²) < 4.78 is 7.93. The summed E-state index contributed by atoms with van der Waals surface area (Å²) in [5.41, 5.74) is 1.34. The fourth-order valence-corrected chi connectivity index (χ4v) is 3.22. The van der Waals surface area contributed by atoms with Gasteiger partial charge in [-0.1, -0.05) is 15.9 Å². The highest BCUT2D eigenvalue weighted by molar-refractivity contribution is 14.1. The standard InChI is InChI=1S/C12H15BrINO/c1-15-12(8-4-5-16-7-8)10-6-9(14)2-3-11(10)13/h2-3,6,8,12,15H,4-5,7H2,1H3. The quantitative estimate of drug-likeness (QED) is 0.792. The van der Waals surface area contributed by atoms with E-state index in [1.807, 2.05) is 7.05 Å². The van der Waals surface area contributed by atoms with Crippen LogP contribution >= 0.6 is 38.5 Å². The van der Waals surface area contributed by atoms with E-state index in [1.54, 1.807) is 0 Å². The van der Waals surface area contributed by atoms with E-state index in [-0.39, 0.29) is 0 Å². The zero-order chi connectivity index (χ0) is 11.5. The van der Waals surface area contributed by atoms with Gasteiger partial charge in [0, 0.05) is 26.6 Å². The summed E-state index contributed by atoms with van der Waals surface area (Å²) in [5, 5.41) is 3.42. The summed E-state index contributed by atoms with van der Waals surface area (Å²) in [7, 11) is 2.02. The molecule has 88 valence electrons. The Kier molecular flexibility index (Phi) is 4.64. The smallest absolute Gasteiger partial charge is 0.0513 e. The number of hydrogen-bond acceptors (Lipinski definition) is 2. The number of ether oxygens (including phenoxy) is 1. The van der Waals surface area contributed by atoms with Crippen LogP contribution in [0, 0.1) is 9.49 Å². The van der Waals surface area contributed by atoms with Gasteiger partial charge in [-0.05, 0) is 59.8 Å². The number of rotatable bonds is 3. The SMILES string of the molecule is CNC(c1cc(I)ccc1Br)C1CCOC1. The minimum absolute atomic E-state index is 0.381. The highest BCUT2D eigenvalue weighted by Crippen LogP contribution is 2.33. The van der Waals surface area contributed by atoms with Crippen molar-refractivity contribution in [3.63, 3.8) is 0 Å². The average Bonchev–Trinajstić information content (AvgIpc) is 2.78. The summed E-state index contributed by atoms with van der Waals surface area (Å²) >= 11 is 5.99. The Morgan fingerprint density at radius 1 is 1.56 bits per heavy atom. The summed E-state index contributed by atoms with van der Waals surface area (Å²) in [4.78, 5) is 0. The molecule has 2 rings (SSSR count). The lowest BCUT2D eigenvalue weighted by Gasteiger charge is -2.23. The van der Waals surface area contributed by atoms with Crippen molar-refractivity contribution in [3.8, 4) is 0 Å². The number of nitrogens with one attached hydrogen (secondary N) is 1. The van der Waals surface area contributed by atoms with Crippen LogP contribution in [0.4, 0.5) is 0 Å². The molecule has 0 aromatic heterocycles. The Morgan fingerprint density at radius 2 is 2.38 bits per heavy atom. The molecule has 2 unspecified atom stereocenters. The Bertz CT molecular complexity index is 366. The van der Waals surface area contributed by atoms with E-state index in [4.69, 9.17) is 4.74 Å². The van der Waals surface area contributed by atoms with Gasteiger partial charge in [0.15, 0.2) is 0 Å². The summed E-state index contributed by atoms with van der Waals surface area (Å²) in [6.07, 6.45) is 1.14. The van der Waals surface area contributed by atoms with Gasteiger partial charge < -0.3 is 10.1 Å². The molecule has 1 N–H and O–H groups in total. The first kappa shape index (κ1) is 12.8. The normalized spacial score (nSPS) is 22.3. The molecule has 0 aliphatic carbocycles. The zero-order valence-electron chi connectivity index (χ0n) is 9.17. The lowest BCUT2D eigenvalue weighted by Crippen LogP contribution is -2.26. The molecule has 1 aromatic carbocycles. The molecule has 0 spiro atoms. The van der Waals surface area contributed by atoms with Crippen molar-refractivity contribution in [2.75, 3.05) is 20.3 Å². The molecule has 0 radical (unpaired) electrons. The van der Waals surface area contributed by atoms with E-state index in [1.165, 1.54) is 13.6 Å². The molecule has 1 aliphatic heterocycles. The monoisotopic (exact) mass is 395 g/mol. The van der Waals surface area contributed by atoms with E-state index in [2.05, 4.69) is 62.0 Å². The van der Waals surface area contributed by atoms with Gasteiger partial charge in [0.1, 0.15) is 0 Å². The molecule has 1 aliphatic rings. The van der Waals surface area contributed by atoms with E-state index in [0.29, 0.717) is 12.0 Å². The van der Waals surface area contributed by atoms with Crippen LogP contribution in [0.15, 0.2) is 22.7 Å². The van der Waals surface area contributed by atoms with E-state index >= 15 is 0 Å². The number of halogens is 2. The third-order valence-electron chi connectivity index (χ3n) is 3.04. The lowest BCUT2D eigenvalue weighted by molar-refractivity contribution is 0.177. The Balaban J connectivity index is 2.28. The topological polar surface area (TPSA) is 21.3 Å². The van der Waals surface area contributed by atoms with Crippen molar-refractivity contribution in [1.29, 1.82) is 0 Å². The van der Waals surface area contributed by atoms with E-state index < -0.39 is 0 Å². The van der Waals surface area contributed by atoms with Crippen LogP contribution in [0.1, 0.15) is 18.0 Å². The van der Waals surface area contributed by atoms with Crippen molar-refractivity contribution >= 4 is 38.5 Å². The van der Waals surface area contributed by atoms with Crippen LogP contribution in [0.2, 0.25) is 0 Å². The van der Waals surface area contributed by atoms with Gasteiger partial charge in [-0.15, -0.1) is 0 Å². The fourth-order valence-electron chi connectivity index (χ4n) is 2.21. The molecule has 0 bridgehead atoms. The van der Waals surface area contributed by atoms with Crippen LogP contribution in [-0.4, -0.2) is 20.3 Å². The van der Waals surface area contributed by atoms with E-state index in [0.717, 1.165) is 19.6 Å². The molecule has 4 heteroatoms. The molecule has 0 saturated carbocycles. The Labute approximate surface area is 118 Å². The lowest BCUT2D eigenvalue weighted by atomic mass is 9.92. The zero-order valence-corrected chi connectivity index (χ0v) is 12.9. The minimum atomic E-state index is 0.381. The molecular formula is C12H15BrINO. The van der Waals surface area contributed by atoms with Crippen molar-refractivity contribution < 1.29 is 4.74 Å². The minimum Gasteiger partial charge on any atom is -0.381 e. The second kappa shape index (κ2) is 5.80. The largest absolute Gasteiger partial charge is 0.381 e. The van der Waals surface area contributed by atoms with Crippen molar-refractivity contribution in [3.05, 3.63) is 31.8 Å². The summed E-state index contributed by atoms with van der Waals surface area (Å²) in [6.45, 7) is 1.76. The molecule has 16 heavy (non-hydrogen) atoms. The summed E-state index contributed by atoms with van der Waals surface area (Å²) in [5.74, 6) is 0.583. The van der Waals surface area contributed by atoms with Crippen LogP contribution in [-0.2, 0) is 4.74 Å². The second-order valence-corrected chi connectivity index (χ2v) is 6.16. The Hall–Kier alpha value is 0.350. The maximum atomic E-state index is 5.47. The summed E-state index contributed by atoms with van der Waals surface area (Å²) in [6, 6.07) is 6.86. The van der Waals surface area contributed by atoms with Gasteiger partial charge in [0.05, 0.1) is 6.61 Å². The first-order chi connectivity index (χ1) is 7.72. The van der Waals surface area contributed by atoms with Gasteiger partial charge in [0.25, 0.3) is 0 Å². The van der Waals surface area contributed by atoms with Crippen molar-refractivity contribution in [1.82, 2.24) is 5.32 Å². The van der Waals surface area contributed by atoms with Gasteiger partial charge in [-0.3, -0.25) is 0 Å². The van der Waals surface area contributed by atoms with Crippen LogP contribution in [0.5, 0.6) is 0 Å². The molecule has 2 nitrogen and oxygen atoms in total. The highest BCUT2D eigenvalue weighted by Gasteiger charge is 2.27. The third-order valence-corrected chi connectivity index (χ3v) is 4.43. The molecule has 1 heterocycles. The van der Waals surface area contributed by atoms with Crippen molar-refractivity contribution in [2.45, 2.75) is 12.5 Å². The predicted octanol–water partition coefficient (Wildman–Crippen LogP) is 3.35. The van der Waals surface area contributed by atoms with Gasteiger partial charge in [-0.25, -0.2) is 0 Å². The number of hydrogen-bond donors (Lipinski definition) is 1. The molecule has 1 fully saturated rings. The number of benzene rings is 1. The molecule has 0 amide bonds. The van der Waals surface area contributed by atoms with Crippen LogP contribution in [0.25, 0.3) is 0 Å². The predicted molar refractivity (Wildman–Crippen MR) is 77.6 cm³/mol. The first-order valence-electron chi connectivity index (χ1n) is 5.42. The van der Waals surface area contributed by atoms with Gasteiger partial charge in [-0.2, -0.15) is 0 Å². The van der Waals surface area contributed by atoms with Gasteiger partial charge >= 0.3 is 0 Å². The molecular weight excluding hydrogens is 381 g/mol. The average molecular weight is 396 g/mol. The van der Waals surface area contributed by atoms with Crippen LogP contribution < -0.4 is 5.32 Å². The molecule has 1 aromatic rings. The maximum Gasteiger partial charge on any atom is 0.0513 e. The second-order valence-electron chi connectivity index (χ2n) is 4.06. The highest BCUT2D eigenvalue weighted by atomic mass is 127. The fraction of sp³-hybridized carbons (Fsp3) is 0.500. The maximum absolute atomic E-state index is 5.47. The van der Waals surface area contributed by atoms with Crippen molar-refractivity contribution in [2.24, 2.45) is 5.92 Å². The molecule has 1 saturated heterocycles. The third kappa shape index (κ3) is 2.78. The first-order valence-corrected chi connectivity index (χ1v) is 7.29.